The second-order valence-electron chi connectivity index (χ2n) is 4.67. The van der Waals surface area contributed by atoms with Gasteiger partial charge in [0, 0.05) is 18.3 Å². The van der Waals surface area contributed by atoms with Gasteiger partial charge < -0.3 is 10.5 Å². The minimum absolute atomic E-state index is 0.361. The van der Waals surface area contributed by atoms with Crippen LogP contribution in [0.15, 0.2) is 18.5 Å². The van der Waals surface area contributed by atoms with Crippen LogP contribution in [-0.2, 0) is 0 Å². The van der Waals surface area contributed by atoms with Gasteiger partial charge in [0.25, 0.3) is 0 Å². The van der Waals surface area contributed by atoms with Crippen molar-refractivity contribution in [3.63, 3.8) is 0 Å². The molecule has 0 aliphatic carbocycles. The Morgan fingerprint density at radius 2 is 2.11 bits per heavy atom. The fraction of sp³-hybridized carbons (Fsp3) is 0.533. The van der Waals surface area contributed by atoms with Crippen LogP contribution in [0.25, 0.3) is 0 Å². The van der Waals surface area contributed by atoms with Gasteiger partial charge in [0.1, 0.15) is 12.4 Å². The number of ether oxygens (including phenoxy) is 1. The number of aromatic nitrogens is 1. The molecule has 1 fully saturated rings. The van der Waals surface area contributed by atoms with Gasteiger partial charge in [-0.15, -0.1) is 0 Å². The van der Waals surface area contributed by atoms with Gasteiger partial charge in [-0.05, 0) is 32.0 Å². The molecule has 0 unspecified atom stereocenters. The van der Waals surface area contributed by atoms with E-state index in [2.05, 4.69) is 21.7 Å². The number of nitrogens with two attached hydrogens (primary N) is 1. The highest BCUT2D eigenvalue weighted by molar-refractivity contribution is 5.36. The summed E-state index contributed by atoms with van der Waals surface area (Å²) >= 11 is 0. The quantitative estimate of drug-likeness (QED) is 0.827. The molecule has 0 bridgehead atoms. The van der Waals surface area contributed by atoms with Gasteiger partial charge in [0.2, 0.25) is 0 Å². The fourth-order valence-electron chi connectivity index (χ4n) is 2.19. The molecule has 0 aromatic carbocycles. The lowest BCUT2D eigenvalue weighted by Crippen LogP contribution is -2.33. The molecule has 0 saturated carbocycles. The number of hydrogen-bond acceptors (Lipinski definition) is 4. The lowest BCUT2D eigenvalue weighted by Gasteiger charge is -2.26. The molecule has 0 radical (unpaired) electrons. The van der Waals surface area contributed by atoms with Crippen LogP contribution >= 0.6 is 0 Å². The maximum Gasteiger partial charge on any atom is 0.138 e. The van der Waals surface area contributed by atoms with Crippen LogP contribution in [0.4, 0.5) is 0 Å². The number of likely N-dealkylation sites (tertiary alicyclic amines) is 1. The predicted octanol–water partition coefficient (Wildman–Crippen LogP) is 1.26. The van der Waals surface area contributed by atoms with Crippen LogP contribution in [0.5, 0.6) is 5.75 Å². The van der Waals surface area contributed by atoms with Gasteiger partial charge in [-0.25, -0.2) is 0 Å². The molecular weight excluding hydrogens is 238 g/mol. The Hall–Kier alpha value is -1.57. The zero-order chi connectivity index (χ0) is 13.3. The highest BCUT2D eigenvalue weighted by Gasteiger charge is 2.09. The van der Waals surface area contributed by atoms with E-state index in [1.807, 2.05) is 6.07 Å². The van der Waals surface area contributed by atoms with Crippen molar-refractivity contribution in [3.8, 4) is 17.6 Å². The SMILES string of the molecule is NCC#Cc1cncc(OCCN2CCCCC2)c1. The Morgan fingerprint density at radius 1 is 1.26 bits per heavy atom. The first-order chi connectivity index (χ1) is 9.38. The first-order valence-corrected chi connectivity index (χ1v) is 6.87. The molecule has 2 rings (SSSR count). The molecule has 19 heavy (non-hydrogen) atoms. The third kappa shape index (κ3) is 4.90. The number of rotatable bonds is 4. The van der Waals surface area contributed by atoms with E-state index in [-0.39, 0.29) is 0 Å². The normalized spacial score (nSPS) is 15.6. The summed E-state index contributed by atoms with van der Waals surface area (Å²) < 4.78 is 5.73. The van der Waals surface area contributed by atoms with Gasteiger partial charge in [0.05, 0.1) is 12.7 Å². The van der Waals surface area contributed by atoms with E-state index in [1.54, 1.807) is 12.4 Å². The van der Waals surface area contributed by atoms with Crippen molar-refractivity contribution in [3.05, 3.63) is 24.0 Å². The van der Waals surface area contributed by atoms with Gasteiger partial charge in [-0.1, -0.05) is 18.3 Å². The third-order valence-electron chi connectivity index (χ3n) is 3.17. The Labute approximate surface area is 115 Å². The lowest BCUT2D eigenvalue weighted by molar-refractivity contribution is 0.183. The zero-order valence-corrected chi connectivity index (χ0v) is 11.3. The Bertz CT molecular complexity index is 444. The van der Waals surface area contributed by atoms with Crippen molar-refractivity contribution >= 4 is 0 Å². The topological polar surface area (TPSA) is 51.4 Å². The van der Waals surface area contributed by atoms with Crippen molar-refractivity contribution in [2.75, 3.05) is 32.8 Å². The summed E-state index contributed by atoms with van der Waals surface area (Å²) in [6.07, 6.45) is 7.44. The Kier molecular flexibility index (Phi) is 5.67. The maximum absolute atomic E-state index is 5.73. The number of pyridine rings is 1. The molecule has 1 aromatic heterocycles. The smallest absolute Gasteiger partial charge is 0.138 e. The van der Waals surface area contributed by atoms with Gasteiger partial charge in [-0.3, -0.25) is 9.88 Å². The summed E-state index contributed by atoms with van der Waals surface area (Å²) in [5.41, 5.74) is 6.19. The largest absolute Gasteiger partial charge is 0.491 e. The molecular formula is C15H21N3O. The first-order valence-electron chi connectivity index (χ1n) is 6.87. The number of nitrogens with zero attached hydrogens (tertiary/aromatic N) is 2. The monoisotopic (exact) mass is 259 g/mol. The summed E-state index contributed by atoms with van der Waals surface area (Å²) in [7, 11) is 0. The summed E-state index contributed by atoms with van der Waals surface area (Å²) in [5.74, 6) is 6.55. The molecule has 1 aromatic rings. The average Bonchev–Trinajstić information content (AvgIpc) is 2.47. The molecule has 0 spiro atoms. The van der Waals surface area contributed by atoms with E-state index in [0.29, 0.717) is 13.2 Å². The van der Waals surface area contributed by atoms with E-state index in [1.165, 1.54) is 32.4 Å². The van der Waals surface area contributed by atoms with Crippen LogP contribution in [0.2, 0.25) is 0 Å². The standard InChI is InChI=1S/C15H21N3O/c16-6-4-5-14-11-15(13-17-12-14)19-10-9-18-7-2-1-3-8-18/h11-13H,1-3,6-10,16H2. The van der Waals surface area contributed by atoms with E-state index >= 15 is 0 Å². The minimum atomic E-state index is 0.361. The Balaban J connectivity index is 1.78. The van der Waals surface area contributed by atoms with Crippen molar-refractivity contribution in [2.24, 2.45) is 5.73 Å². The van der Waals surface area contributed by atoms with E-state index in [0.717, 1.165) is 17.9 Å². The van der Waals surface area contributed by atoms with Crippen LogP contribution < -0.4 is 10.5 Å². The molecule has 1 saturated heterocycles. The van der Waals surface area contributed by atoms with Gasteiger partial charge in [0.15, 0.2) is 0 Å². The van der Waals surface area contributed by atoms with Crippen molar-refractivity contribution < 1.29 is 4.74 Å². The summed E-state index contributed by atoms with van der Waals surface area (Å²) in [5, 5.41) is 0. The predicted molar refractivity (Wildman–Crippen MR) is 76.0 cm³/mol. The molecule has 102 valence electrons. The summed E-state index contributed by atoms with van der Waals surface area (Å²) in [6.45, 7) is 4.45. The summed E-state index contributed by atoms with van der Waals surface area (Å²) in [6, 6.07) is 1.91. The number of hydrogen-bond donors (Lipinski definition) is 1. The van der Waals surface area contributed by atoms with Gasteiger partial charge in [-0.2, -0.15) is 0 Å². The average molecular weight is 259 g/mol. The highest BCUT2D eigenvalue weighted by Crippen LogP contribution is 2.11. The molecule has 1 aliphatic heterocycles. The number of piperidine rings is 1. The van der Waals surface area contributed by atoms with Crippen LogP contribution in [0.1, 0.15) is 24.8 Å². The van der Waals surface area contributed by atoms with Crippen LogP contribution in [-0.4, -0.2) is 42.7 Å². The van der Waals surface area contributed by atoms with E-state index < -0.39 is 0 Å². The van der Waals surface area contributed by atoms with Crippen LogP contribution in [0.3, 0.4) is 0 Å². The van der Waals surface area contributed by atoms with E-state index in [9.17, 15) is 0 Å². The molecule has 0 amide bonds. The molecule has 0 atom stereocenters. The highest BCUT2D eigenvalue weighted by atomic mass is 16.5. The van der Waals surface area contributed by atoms with Gasteiger partial charge >= 0.3 is 0 Å². The maximum atomic E-state index is 5.73. The molecule has 1 aliphatic rings. The molecule has 4 heteroatoms. The third-order valence-corrected chi connectivity index (χ3v) is 3.17. The molecule has 2 N–H and O–H groups in total. The Morgan fingerprint density at radius 3 is 2.89 bits per heavy atom. The van der Waals surface area contributed by atoms with Crippen molar-refractivity contribution in [1.29, 1.82) is 0 Å². The van der Waals surface area contributed by atoms with Crippen molar-refractivity contribution in [1.82, 2.24) is 9.88 Å². The molecule has 4 nitrogen and oxygen atoms in total. The minimum Gasteiger partial charge on any atom is -0.491 e. The first kappa shape index (κ1) is 13.9. The second-order valence-corrected chi connectivity index (χ2v) is 4.67. The second kappa shape index (κ2) is 7.78. The molecule has 2 heterocycles. The fourth-order valence-corrected chi connectivity index (χ4v) is 2.19. The summed E-state index contributed by atoms with van der Waals surface area (Å²) in [4.78, 5) is 6.57. The zero-order valence-electron chi connectivity index (χ0n) is 11.3. The lowest BCUT2D eigenvalue weighted by atomic mass is 10.1. The van der Waals surface area contributed by atoms with Crippen molar-refractivity contribution in [2.45, 2.75) is 19.3 Å². The van der Waals surface area contributed by atoms with Crippen LogP contribution in [0, 0.1) is 11.8 Å². The van der Waals surface area contributed by atoms with E-state index in [4.69, 9.17) is 10.5 Å².